The molecule has 0 spiro atoms. The van der Waals surface area contributed by atoms with Crippen LogP contribution in [0.15, 0.2) is 47.4 Å². The van der Waals surface area contributed by atoms with E-state index in [1.165, 1.54) is 24.4 Å². The second-order valence-corrected chi connectivity index (χ2v) is 7.82. The van der Waals surface area contributed by atoms with Crippen LogP contribution in [0.25, 0.3) is 10.8 Å². The molecular formula is C22H20F4N2O3. The highest BCUT2D eigenvalue weighted by molar-refractivity contribution is 5.84. The number of aliphatic hydroxyl groups is 1. The van der Waals surface area contributed by atoms with Gasteiger partial charge in [0.15, 0.2) is 17.2 Å². The van der Waals surface area contributed by atoms with Gasteiger partial charge in [0, 0.05) is 22.8 Å². The maximum absolute atomic E-state index is 14.1. The minimum absolute atomic E-state index is 0.0252. The number of H-pyrrole nitrogens is 1. The largest absolute Gasteiger partial charge is 0.505 e. The number of fused-ring (bicyclic) bond motifs is 2. The molecule has 0 amide bonds. The lowest BCUT2D eigenvalue weighted by Gasteiger charge is -2.45. The first-order valence-corrected chi connectivity index (χ1v) is 9.75. The highest BCUT2D eigenvalue weighted by Crippen LogP contribution is 2.55. The van der Waals surface area contributed by atoms with E-state index in [0.29, 0.717) is 10.8 Å². The molecule has 1 heterocycles. The second-order valence-electron chi connectivity index (χ2n) is 7.82. The summed E-state index contributed by atoms with van der Waals surface area (Å²) in [6, 6.07) is 6.34. The van der Waals surface area contributed by atoms with E-state index in [9.17, 15) is 32.6 Å². The van der Waals surface area contributed by atoms with Crippen LogP contribution < -0.4 is 10.9 Å². The zero-order valence-electron chi connectivity index (χ0n) is 16.4. The maximum Gasteiger partial charge on any atom is 0.419 e. The molecule has 3 atom stereocenters. The van der Waals surface area contributed by atoms with E-state index in [-0.39, 0.29) is 28.8 Å². The minimum Gasteiger partial charge on any atom is -0.505 e. The van der Waals surface area contributed by atoms with Crippen molar-refractivity contribution in [2.45, 2.75) is 43.5 Å². The summed E-state index contributed by atoms with van der Waals surface area (Å²) < 4.78 is 56.3. The lowest BCUT2D eigenvalue weighted by Crippen LogP contribution is -2.55. The molecule has 164 valence electrons. The Morgan fingerprint density at radius 3 is 2.65 bits per heavy atom. The minimum atomic E-state index is -4.99. The molecule has 2 aromatic carbocycles. The Morgan fingerprint density at radius 1 is 1.23 bits per heavy atom. The number of halogens is 4. The third-order valence-electron chi connectivity index (χ3n) is 6.02. The number of phenolic OH excluding ortho intramolecular Hbond substituents is 1. The summed E-state index contributed by atoms with van der Waals surface area (Å²) >= 11 is 0. The Kier molecular flexibility index (Phi) is 4.96. The van der Waals surface area contributed by atoms with Gasteiger partial charge < -0.3 is 20.5 Å². The molecule has 0 fully saturated rings. The van der Waals surface area contributed by atoms with Crippen molar-refractivity contribution in [3.8, 4) is 5.75 Å². The Hall–Kier alpha value is -3.07. The van der Waals surface area contributed by atoms with Gasteiger partial charge in [-0.25, -0.2) is 4.39 Å². The predicted octanol–water partition coefficient (Wildman–Crippen LogP) is 4.72. The highest BCUT2D eigenvalue weighted by atomic mass is 19.4. The van der Waals surface area contributed by atoms with E-state index >= 15 is 0 Å². The number of benzene rings is 2. The zero-order valence-corrected chi connectivity index (χ0v) is 16.4. The average Bonchev–Trinajstić information content (AvgIpc) is 2.71. The van der Waals surface area contributed by atoms with Crippen LogP contribution in [0.3, 0.4) is 0 Å². The van der Waals surface area contributed by atoms with Crippen LogP contribution in [0, 0.1) is 5.82 Å². The molecule has 5 nitrogen and oxygen atoms in total. The summed E-state index contributed by atoms with van der Waals surface area (Å²) in [6.45, 7) is 1.62. The molecule has 0 radical (unpaired) electrons. The number of hydrogen-bond donors (Lipinski definition) is 4. The Bertz CT molecular complexity index is 1210. The molecule has 31 heavy (non-hydrogen) atoms. The molecule has 0 unspecified atom stereocenters. The second kappa shape index (κ2) is 7.26. The normalized spacial score (nSPS) is 23.5. The summed E-state index contributed by atoms with van der Waals surface area (Å²) in [5.74, 6) is -2.52. The predicted molar refractivity (Wildman–Crippen MR) is 108 cm³/mol. The molecule has 0 aliphatic heterocycles. The summed E-state index contributed by atoms with van der Waals surface area (Å²) in [5.41, 5.74) is -3.23. The van der Waals surface area contributed by atoms with Gasteiger partial charge in [0.2, 0.25) is 0 Å². The smallest absolute Gasteiger partial charge is 0.419 e. The van der Waals surface area contributed by atoms with Crippen molar-refractivity contribution < 1.29 is 27.8 Å². The summed E-state index contributed by atoms with van der Waals surface area (Å²) in [5, 5.41) is 24.7. The fourth-order valence-corrected chi connectivity index (χ4v) is 4.40. The van der Waals surface area contributed by atoms with Gasteiger partial charge in [-0.05, 0) is 60.0 Å². The Labute approximate surface area is 174 Å². The number of nitrogens with one attached hydrogen (secondary N) is 2. The molecule has 3 aromatic rings. The number of hydrogen-bond acceptors (Lipinski definition) is 4. The van der Waals surface area contributed by atoms with Crippen molar-refractivity contribution >= 4 is 16.5 Å². The first kappa shape index (κ1) is 21.2. The van der Waals surface area contributed by atoms with Crippen molar-refractivity contribution in [3.05, 3.63) is 69.9 Å². The Balaban J connectivity index is 1.88. The number of aromatic amines is 1. The van der Waals surface area contributed by atoms with Gasteiger partial charge in [-0.15, -0.1) is 0 Å². The number of aromatic nitrogens is 1. The Morgan fingerprint density at radius 2 is 1.97 bits per heavy atom. The van der Waals surface area contributed by atoms with Gasteiger partial charge in [-0.1, -0.05) is 13.0 Å². The van der Waals surface area contributed by atoms with Crippen LogP contribution in [-0.2, 0) is 0 Å². The molecule has 0 saturated heterocycles. The number of phenols is 1. The summed E-state index contributed by atoms with van der Waals surface area (Å²) in [6.07, 6.45) is -4.13. The first-order valence-electron chi connectivity index (χ1n) is 9.75. The number of rotatable bonds is 3. The molecule has 9 heteroatoms. The molecule has 4 rings (SSSR count). The van der Waals surface area contributed by atoms with Crippen molar-refractivity contribution in [1.82, 2.24) is 4.98 Å². The average molecular weight is 436 g/mol. The number of aromatic hydroxyl groups is 1. The lowest BCUT2D eigenvalue weighted by atomic mass is 9.69. The monoisotopic (exact) mass is 436 g/mol. The van der Waals surface area contributed by atoms with Crippen LogP contribution in [0.1, 0.15) is 42.9 Å². The van der Waals surface area contributed by atoms with E-state index in [1.807, 2.05) is 0 Å². The third-order valence-corrected chi connectivity index (χ3v) is 6.02. The fraction of sp³-hybridized carbons (Fsp3) is 0.318. The van der Waals surface area contributed by atoms with Crippen LogP contribution in [0.4, 0.5) is 23.2 Å². The van der Waals surface area contributed by atoms with Crippen LogP contribution >= 0.6 is 0 Å². The number of alkyl halides is 3. The number of anilines is 1. The molecule has 0 bridgehead atoms. The molecule has 4 N–H and O–H groups in total. The topological polar surface area (TPSA) is 85.4 Å². The van der Waals surface area contributed by atoms with Crippen molar-refractivity contribution in [3.63, 3.8) is 0 Å². The molecule has 1 aliphatic carbocycles. The van der Waals surface area contributed by atoms with E-state index in [2.05, 4.69) is 10.3 Å². The van der Waals surface area contributed by atoms with Crippen LogP contribution in [-0.4, -0.2) is 27.0 Å². The molecule has 0 saturated carbocycles. The van der Waals surface area contributed by atoms with Crippen molar-refractivity contribution in [1.29, 1.82) is 0 Å². The van der Waals surface area contributed by atoms with E-state index in [4.69, 9.17) is 0 Å². The van der Waals surface area contributed by atoms with Gasteiger partial charge >= 0.3 is 6.18 Å². The first-order chi connectivity index (χ1) is 14.6. The lowest BCUT2D eigenvalue weighted by molar-refractivity contribution is -0.272. The van der Waals surface area contributed by atoms with E-state index in [1.54, 1.807) is 13.0 Å². The summed E-state index contributed by atoms with van der Waals surface area (Å²) in [4.78, 5) is 14.4. The highest BCUT2D eigenvalue weighted by Gasteiger charge is 2.62. The third kappa shape index (κ3) is 3.33. The van der Waals surface area contributed by atoms with Crippen LogP contribution in [0.2, 0.25) is 0 Å². The SMILES string of the molecule is CC[C@H]1C[C@@](O)(C(F)(F)F)[C@@H](Nc2ccc3c(=O)[nH]ccc3c2)c2ccc(F)c(O)c21. The molecule has 1 aromatic heterocycles. The maximum atomic E-state index is 14.1. The van der Waals surface area contributed by atoms with E-state index < -0.39 is 41.7 Å². The molecular weight excluding hydrogens is 416 g/mol. The summed E-state index contributed by atoms with van der Waals surface area (Å²) in [7, 11) is 0. The molecule has 1 aliphatic rings. The van der Waals surface area contributed by atoms with Crippen LogP contribution in [0.5, 0.6) is 5.75 Å². The fourth-order valence-electron chi connectivity index (χ4n) is 4.40. The van der Waals surface area contributed by atoms with Gasteiger partial charge in [0.25, 0.3) is 5.56 Å². The van der Waals surface area contributed by atoms with Crippen molar-refractivity contribution in [2.75, 3.05) is 5.32 Å². The van der Waals surface area contributed by atoms with Crippen molar-refractivity contribution in [2.24, 2.45) is 0 Å². The van der Waals surface area contributed by atoms with Gasteiger partial charge in [0.05, 0.1) is 6.04 Å². The zero-order chi connectivity index (χ0) is 22.6. The van der Waals surface area contributed by atoms with Gasteiger partial charge in [-0.3, -0.25) is 4.79 Å². The van der Waals surface area contributed by atoms with Gasteiger partial charge in [-0.2, -0.15) is 13.2 Å². The quantitative estimate of drug-likeness (QED) is 0.448. The standard InChI is InChI=1S/C22H20F4N2O3/c1-2-11-10-21(31,22(24,25)26)19(15-5-6-16(23)18(29)17(11)15)28-13-3-4-14-12(9-13)7-8-27-20(14)30/h3-9,11,19,28-29,31H,2,10H2,1H3,(H,27,30)/t11-,19-,21-/m0/s1. The van der Waals surface area contributed by atoms with Gasteiger partial charge in [0.1, 0.15) is 0 Å². The van der Waals surface area contributed by atoms with E-state index in [0.717, 1.165) is 12.1 Å². The number of pyridine rings is 1.